The molecule has 0 aliphatic rings. The molecule has 110 valence electrons. The van der Waals surface area contributed by atoms with Crippen molar-refractivity contribution < 1.29 is 14.3 Å². The van der Waals surface area contributed by atoms with Crippen LogP contribution in [0, 0.1) is 0 Å². The lowest BCUT2D eigenvalue weighted by atomic mass is 10.3. The molecule has 21 heavy (non-hydrogen) atoms. The molecule has 0 bridgehead atoms. The summed E-state index contributed by atoms with van der Waals surface area (Å²) in [5.41, 5.74) is 0.961. The minimum atomic E-state index is -0.448. The van der Waals surface area contributed by atoms with Crippen LogP contribution < -0.4 is 0 Å². The van der Waals surface area contributed by atoms with Crippen molar-refractivity contribution >= 4 is 17.5 Å². The number of esters is 1. The fraction of sp³-hybridized carbons (Fsp3) is 0.267. The molecule has 0 aliphatic carbocycles. The number of ether oxygens (including phenoxy) is 1. The quantitative estimate of drug-likeness (QED) is 0.597. The maximum Gasteiger partial charge on any atom is 0.325 e. The van der Waals surface area contributed by atoms with Crippen molar-refractivity contribution in [3.05, 3.63) is 48.9 Å². The SMILES string of the molecule is C=CCN(CC(=O)OCC)C(=O)c1cn2ccccc2n1. The summed E-state index contributed by atoms with van der Waals surface area (Å²) >= 11 is 0. The lowest BCUT2D eigenvalue weighted by molar-refractivity contribution is -0.143. The predicted octanol–water partition coefficient (Wildman–Crippen LogP) is 1.53. The van der Waals surface area contributed by atoms with Crippen LogP contribution in [0.25, 0.3) is 5.65 Å². The van der Waals surface area contributed by atoms with Crippen molar-refractivity contribution in [2.45, 2.75) is 6.92 Å². The number of fused-ring (bicyclic) bond motifs is 1. The summed E-state index contributed by atoms with van der Waals surface area (Å²) in [5.74, 6) is -0.775. The molecule has 0 unspecified atom stereocenters. The van der Waals surface area contributed by atoms with E-state index in [1.807, 2.05) is 18.3 Å². The van der Waals surface area contributed by atoms with Gasteiger partial charge in [0, 0.05) is 18.9 Å². The first-order chi connectivity index (χ1) is 10.2. The van der Waals surface area contributed by atoms with E-state index in [4.69, 9.17) is 4.74 Å². The van der Waals surface area contributed by atoms with E-state index in [-0.39, 0.29) is 31.3 Å². The molecular weight excluding hydrogens is 270 g/mol. The van der Waals surface area contributed by atoms with E-state index < -0.39 is 5.97 Å². The molecule has 1 amide bonds. The first-order valence-electron chi connectivity index (χ1n) is 6.65. The smallest absolute Gasteiger partial charge is 0.325 e. The number of carbonyl (C=O) groups excluding carboxylic acids is 2. The van der Waals surface area contributed by atoms with E-state index in [1.165, 1.54) is 4.90 Å². The first kappa shape index (κ1) is 14.8. The number of nitrogens with zero attached hydrogens (tertiary/aromatic N) is 3. The van der Waals surface area contributed by atoms with Gasteiger partial charge in [-0.25, -0.2) is 4.98 Å². The van der Waals surface area contributed by atoms with Crippen molar-refractivity contribution in [3.63, 3.8) is 0 Å². The van der Waals surface area contributed by atoms with Gasteiger partial charge < -0.3 is 14.0 Å². The second-order valence-electron chi connectivity index (χ2n) is 4.37. The number of aromatic nitrogens is 2. The lowest BCUT2D eigenvalue weighted by Crippen LogP contribution is -2.36. The maximum atomic E-state index is 12.4. The van der Waals surface area contributed by atoms with Crippen LogP contribution in [0.15, 0.2) is 43.2 Å². The van der Waals surface area contributed by atoms with Gasteiger partial charge in [-0.05, 0) is 19.1 Å². The van der Waals surface area contributed by atoms with Gasteiger partial charge in [0.25, 0.3) is 5.91 Å². The van der Waals surface area contributed by atoms with Gasteiger partial charge in [-0.1, -0.05) is 12.1 Å². The van der Waals surface area contributed by atoms with Gasteiger partial charge in [-0.2, -0.15) is 0 Å². The molecule has 0 aliphatic heterocycles. The van der Waals surface area contributed by atoms with Crippen molar-refractivity contribution in [3.8, 4) is 0 Å². The fourth-order valence-electron chi connectivity index (χ4n) is 1.94. The molecule has 0 aromatic carbocycles. The Kier molecular flexibility index (Phi) is 4.71. The highest BCUT2D eigenvalue weighted by Crippen LogP contribution is 2.08. The average molecular weight is 287 g/mol. The summed E-state index contributed by atoms with van der Waals surface area (Å²) in [6.45, 7) is 5.74. The normalized spacial score (nSPS) is 10.3. The van der Waals surface area contributed by atoms with Crippen LogP contribution in [-0.4, -0.2) is 45.9 Å². The van der Waals surface area contributed by atoms with Crippen LogP contribution in [-0.2, 0) is 9.53 Å². The molecule has 2 aromatic heterocycles. The first-order valence-corrected chi connectivity index (χ1v) is 6.65. The molecule has 0 saturated heterocycles. The van der Waals surface area contributed by atoms with E-state index >= 15 is 0 Å². The highest BCUT2D eigenvalue weighted by Gasteiger charge is 2.20. The van der Waals surface area contributed by atoms with E-state index in [0.29, 0.717) is 5.65 Å². The van der Waals surface area contributed by atoms with Gasteiger partial charge in [-0.3, -0.25) is 9.59 Å². The third-order valence-electron chi connectivity index (χ3n) is 2.85. The minimum absolute atomic E-state index is 0.118. The number of amides is 1. The lowest BCUT2D eigenvalue weighted by Gasteiger charge is -2.18. The molecule has 0 spiro atoms. The number of imidazole rings is 1. The van der Waals surface area contributed by atoms with Gasteiger partial charge in [-0.15, -0.1) is 6.58 Å². The number of rotatable bonds is 6. The summed E-state index contributed by atoms with van der Waals surface area (Å²) in [6, 6.07) is 5.50. The molecular formula is C15H17N3O3. The molecule has 0 saturated carbocycles. The van der Waals surface area contributed by atoms with Gasteiger partial charge in [0.1, 0.15) is 17.9 Å². The number of hydrogen-bond donors (Lipinski definition) is 0. The highest BCUT2D eigenvalue weighted by atomic mass is 16.5. The van der Waals surface area contributed by atoms with Gasteiger partial charge >= 0.3 is 5.97 Å². The standard InChI is InChI=1S/C15H17N3O3/c1-3-8-18(11-14(19)21-4-2)15(20)12-10-17-9-6-5-7-13(17)16-12/h3,5-7,9-10H,1,4,8,11H2,2H3. The van der Waals surface area contributed by atoms with E-state index in [2.05, 4.69) is 11.6 Å². The Morgan fingerprint density at radius 2 is 2.29 bits per heavy atom. The van der Waals surface area contributed by atoms with E-state index in [1.54, 1.807) is 29.7 Å². The second-order valence-corrected chi connectivity index (χ2v) is 4.37. The van der Waals surface area contributed by atoms with Crippen LogP contribution in [0.3, 0.4) is 0 Å². The second kappa shape index (κ2) is 6.69. The molecule has 6 heteroatoms. The Balaban J connectivity index is 2.20. The molecule has 2 heterocycles. The Bertz CT molecular complexity index is 630. The maximum absolute atomic E-state index is 12.4. The van der Waals surface area contributed by atoms with Gasteiger partial charge in [0.2, 0.25) is 0 Å². The molecule has 2 aromatic rings. The molecule has 0 radical (unpaired) electrons. The van der Waals surface area contributed by atoms with Crippen molar-refractivity contribution in [1.29, 1.82) is 0 Å². The van der Waals surface area contributed by atoms with Crippen LogP contribution in [0.4, 0.5) is 0 Å². The van der Waals surface area contributed by atoms with Crippen LogP contribution in [0.2, 0.25) is 0 Å². The zero-order valence-corrected chi connectivity index (χ0v) is 11.9. The minimum Gasteiger partial charge on any atom is -0.465 e. The fourth-order valence-corrected chi connectivity index (χ4v) is 1.94. The summed E-state index contributed by atoms with van der Waals surface area (Å²) in [6.07, 6.45) is 5.01. The van der Waals surface area contributed by atoms with Crippen LogP contribution in [0.1, 0.15) is 17.4 Å². The number of hydrogen-bond acceptors (Lipinski definition) is 4. The summed E-state index contributed by atoms with van der Waals surface area (Å²) < 4.78 is 6.62. The monoisotopic (exact) mass is 287 g/mol. The molecule has 2 rings (SSSR count). The number of pyridine rings is 1. The zero-order valence-electron chi connectivity index (χ0n) is 11.9. The number of carbonyl (C=O) groups is 2. The molecule has 0 N–H and O–H groups in total. The third kappa shape index (κ3) is 3.47. The van der Waals surface area contributed by atoms with Gasteiger partial charge in [0.15, 0.2) is 0 Å². The topological polar surface area (TPSA) is 63.9 Å². The zero-order chi connectivity index (χ0) is 15.2. The van der Waals surface area contributed by atoms with Gasteiger partial charge in [0.05, 0.1) is 6.61 Å². The summed E-state index contributed by atoms with van der Waals surface area (Å²) in [7, 11) is 0. The Morgan fingerprint density at radius 1 is 1.48 bits per heavy atom. The average Bonchev–Trinajstić information content (AvgIpc) is 2.90. The Labute approximate surface area is 122 Å². The molecule has 6 nitrogen and oxygen atoms in total. The van der Waals surface area contributed by atoms with Crippen molar-refractivity contribution in [2.75, 3.05) is 19.7 Å². The third-order valence-corrected chi connectivity index (χ3v) is 2.85. The summed E-state index contributed by atoms with van der Waals surface area (Å²) in [4.78, 5) is 29.6. The Morgan fingerprint density at radius 3 is 2.95 bits per heavy atom. The molecule has 0 atom stereocenters. The van der Waals surface area contributed by atoms with Crippen molar-refractivity contribution in [1.82, 2.24) is 14.3 Å². The van der Waals surface area contributed by atoms with E-state index in [0.717, 1.165) is 0 Å². The molecule has 0 fully saturated rings. The predicted molar refractivity (Wildman–Crippen MR) is 77.9 cm³/mol. The Hall–Kier alpha value is -2.63. The van der Waals surface area contributed by atoms with Crippen LogP contribution in [0.5, 0.6) is 0 Å². The highest BCUT2D eigenvalue weighted by molar-refractivity contribution is 5.94. The van der Waals surface area contributed by atoms with E-state index in [9.17, 15) is 9.59 Å². The summed E-state index contributed by atoms with van der Waals surface area (Å²) in [5, 5.41) is 0. The largest absolute Gasteiger partial charge is 0.465 e. The van der Waals surface area contributed by atoms with Crippen molar-refractivity contribution in [2.24, 2.45) is 0 Å². The van der Waals surface area contributed by atoms with Crippen LogP contribution >= 0.6 is 0 Å².